The third kappa shape index (κ3) is 7.85. The van der Waals surface area contributed by atoms with Gasteiger partial charge in [-0.3, -0.25) is 34.2 Å². The van der Waals surface area contributed by atoms with E-state index >= 15 is 0 Å². The van der Waals surface area contributed by atoms with Gasteiger partial charge in [-0.15, -0.1) is 10.2 Å². The molecular weight excluding hydrogens is 668 g/mol. The van der Waals surface area contributed by atoms with Crippen LogP contribution in [0.5, 0.6) is 17.2 Å². The Labute approximate surface area is 299 Å². The number of carbonyl (C=O) groups is 5. The van der Waals surface area contributed by atoms with Gasteiger partial charge in [-0.25, -0.2) is 0 Å². The van der Waals surface area contributed by atoms with Crippen molar-refractivity contribution in [2.75, 3.05) is 26.0 Å². The monoisotopic (exact) mass is 706 g/mol. The Kier molecular flexibility index (Phi) is 10.7. The smallest absolute Gasteiger partial charge is 0.266 e. The van der Waals surface area contributed by atoms with Crippen LogP contribution in [0.4, 0.5) is 5.82 Å². The molecule has 14 nitrogen and oxygen atoms in total. The number of nitrogen functional groups attached to an aromatic ring is 1. The van der Waals surface area contributed by atoms with Crippen molar-refractivity contribution in [1.82, 2.24) is 25.3 Å². The van der Waals surface area contributed by atoms with E-state index in [0.717, 1.165) is 16.0 Å². The summed E-state index contributed by atoms with van der Waals surface area (Å²) in [6.07, 6.45) is 2.12. The van der Waals surface area contributed by atoms with E-state index in [9.17, 15) is 29.1 Å². The zero-order valence-electron chi connectivity index (χ0n) is 28.5. The molecule has 1 unspecified atom stereocenters. The first-order valence-corrected chi connectivity index (χ1v) is 16.9. The molecule has 4 aromatic rings. The highest BCUT2D eigenvalue weighted by atomic mass is 16.5. The number of nitrogens with one attached hydrogen (secondary N) is 1. The number of para-hydroxylation sites is 1. The van der Waals surface area contributed by atoms with Gasteiger partial charge in [0, 0.05) is 44.5 Å². The highest BCUT2D eigenvalue weighted by Gasteiger charge is 2.46. The third-order valence-electron chi connectivity index (χ3n) is 8.95. The van der Waals surface area contributed by atoms with Crippen LogP contribution in [0.3, 0.4) is 0 Å². The van der Waals surface area contributed by atoms with Crippen molar-refractivity contribution in [1.29, 1.82) is 0 Å². The third-order valence-corrected chi connectivity index (χ3v) is 8.95. The molecule has 2 aliphatic heterocycles. The van der Waals surface area contributed by atoms with E-state index in [-0.39, 0.29) is 53.8 Å². The molecule has 14 heteroatoms. The van der Waals surface area contributed by atoms with E-state index in [4.69, 9.17) is 15.2 Å². The number of carbonyl (C=O) groups excluding carboxylic acids is 5. The first kappa shape index (κ1) is 35.5. The predicted molar refractivity (Wildman–Crippen MR) is 188 cm³/mol. The van der Waals surface area contributed by atoms with Gasteiger partial charge in [0.15, 0.2) is 11.6 Å². The van der Waals surface area contributed by atoms with Gasteiger partial charge in [0.05, 0.1) is 24.3 Å². The second kappa shape index (κ2) is 15.7. The van der Waals surface area contributed by atoms with E-state index in [1.54, 1.807) is 54.4 Å². The van der Waals surface area contributed by atoms with Crippen LogP contribution in [-0.4, -0.2) is 80.9 Å². The molecule has 4 N–H and O–H groups in total. The van der Waals surface area contributed by atoms with Crippen LogP contribution in [-0.2, 0) is 27.3 Å². The van der Waals surface area contributed by atoms with Crippen LogP contribution in [0.15, 0.2) is 72.8 Å². The van der Waals surface area contributed by atoms with Crippen molar-refractivity contribution in [3.8, 4) is 28.5 Å². The summed E-state index contributed by atoms with van der Waals surface area (Å²) >= 11 is 0. The molecule has 5 amide bonds. The van der Waals surface area contributed by atoms with Crippen LogP contribution in [0.1, 0.15) is 63.9 Å². The summed E-state index contributed by atoms with van der Waals surface area (Å²) in [5.41, 5.74) is 9.21. The first-order valence-electron chi connectivity index (χ1n) is 16.9. The summed E-state index contributed by atoms with van der Waals surface area (Å²) < 4.78 is 11.8. The van der Waals surface area contributed by atoms with Crippen molar-refractivity contribution in [3.05, 3.63) is 95.1 Å². The number of ether oxygens (including phenoxy) is 2. The zero-order valence-corrected chi connectivity index (χ0v) is 28.5. The number of fused-ring (bicyclic) bond motifs is 1. The normalized spacial score (nSPS) is 15.3. The van der Waals surface area contributed by atoms with Crippen molar-refractivity contribution < 1.29 is 38.6 Å². The number of aromatic hydroxyl groups is 1. The molecule has 3 aromatic carbocycles. The van der Waals surface area contributed by atoms with E-state index in [0.29, 0.717) is 55.8 Å². The summed E-state index contributed by atoms with van der Waals surface area (Å²) in [4.78, 5) is 65.6. The fourth-order valence-corrected chi connectivity index (χ4v) is 6.13. The van der Waals surface area contributed by atoms with Crippen LogP contribution in [0.2, 0.25) is 0 Å². The highest BCUT2D eigenvalue weighted by molar-refractivity contribution is 6.24. The van der Waals surface area contributed by atoms with Gasteiger partial charge in [-0.1, -0.05) is 42.5 Å². The number of nitrogens with two attached hydrogens (primary N) is 1. The number of nitrogens with zero attached hydrogens (tertiary/aromatic N) is 4. The number of hydrogen-bond donors (Lipinski definition) is 3. The number of amides is 5. The van der Waals surface area contributed by atoms with Gasteiger partial charge in [-0.2, -0.15) is 0 Å². The van der Waals surface area contributed by atoms with Crippen LogP contribution in [0, 0.1) is 0 Å². The highest BCUT2D eigenvalue weighted by Crippen LogP contribution is 2.34. The second-order valence-corrected chi connectivity index (χ2v) is 12.6. The maximum Gasteiger partial charge on any atom is 0.266 e. The molecule has 3 heterocycles. The van der Waals surface area contributed by atoms with Gasteiger partial charge in [0.2, 0.25) is 17.7 Å². The van der Waals surface area contributed by atoms with Gasteiger partial charge in [-0.05, 0) is 54.7 Å². The topological polar surface area (TPSA) is 194 Å². The zero-order chi connectivity index (χ0) is 36.8. The SMILES string of the molecule is CN(Cc1ccc(CCOc2cc(-c3ccccc3O)nnc2N)cc1)C(=O)CCCCOc1cccc2c1C(=O)N(C1CCC(=O)NC1=O)C2=O. The van der Waals surface area contributed by atoms with Crippen molar-refractivity contribution in [3.63, 3.8) is 0 Å². The van der Waals surface area contributed by atoms with Crippen molar-refractivity contribution in [2.45, 2.75) is 51.1 Å². The number of phenols is 1. The molecule has 1 saturated heterocycles. The van der Waals surface area contributed by atoms with Crippen LogP contribution < -0.4 is 20.5 Å². The lowest BCUT2D eigenvalue weighted by molar-refractivity contribution is -0.136. The molecule has 0 radical (unpaired) electrons. The molecule has 1 atom stereocenters. The van der Waals surface area contributed by atoms with E-state index < -0.39 is 29.7 Å². The minimum atomic E-state index is -1.05. The summed E-state index contributed by atoms with van der Waals surface area (Å²) in [5.74, 6) is -1.50. The average Bonchev–Trinajstić information content (AvgIpc) is 3.39. The molecule has 2 aliphatic rings. The van der Waals surface area contributed by atoms with Gasteiger partial charge in [0.25, 0.3) is 11.8 Å². The summed E-state index contributed by atoms with van der Waals surface area (Å²) in [6, 6.07) is 20.0. The summed E-state index contributed by atoms with van der Waals surface area (Å²) in [7, 11) is 1.75. The van der Waals surface area contributed by atoms with Gasteiger partial charge in [0.1, 0.15) is 23.2 Å². The van der Waals surface area contributed by atoms with E-state index in [2.05, 4.69) is 15.5 Å². The largest absolute Gasteiger partial charge is 0.507 e. The molecule has 52 heavy (non-hydrogen) atoms. The molecule has 0 aliphatic carbocycles. The maximum atomic E-state index is 13.2. The van der Waals surface area contributed by atoms with Crippen molar-refractivity contribution in [2.24, 2.45) is 0 Å². The summed E-state index contributed by atoms with van der Waals surface area (Å²) in [6.45, 7) is 1.01. The quantitative estimate of drug-likeness (QED) is 0.128. The van der Waals surface area contributed by atoms with Crippen molar-refractivity contribution >= 4 is 35.4 Å². The predicted octanol–water partition coefficient (Wildman–Crippen LogP) is 3.66. The lowest BCUT2D eigenvalue weighted by atomic mass is 10.0. The number of rotatable bonds is 14. The molecule has 1 fully saturated rings. The average molecular weight is 707 g/mol. The number of imide groups is 2. The van der Waals surface area contributed by atoms with Crippen LogP contribution >= 0.6 is 0 Å². The Balaban J connectivity index is 0.924. The number of aromatic nitrogens is 2. The Morgan fingerprint density at radius 1 is 0.904 bits per heavy atom. The molecule has 6 rings (SSSR count). The lowest BCUT2D eigenvalue weighted by Crippen LogP contribution is -2.54. The first-order chi connectivity index (χ1) is 25.1. The standard InChI is InChI=1S/C38H38N6O8/c1-43(22-24-14-12-23(13-15-24)18-20-52-31-21-27(41-42-35(31)39)25-7-2-3-9-29(25)45)33(47)11-4-5-19-51-30-10-6-8-26-34(30)38(50)44(37(26)49)28-16-17-32(46)40-36(28)48/h2-3,6-10,12-15,21,28,45H,4-5,11,16-20,22H2,1H3,(H2,39,42)(H,40,46,48). The Bertz CT molecular complexity index is 2020. The second-order valence-electron chi connectivity index (χ2n) is 12.6. The molecular formula is C38H38N6O8. The number of phenolic OH excluding ortho intramolecular Hbond substituents is 1. The Hall–Kier alpha value is -6.31. The minimum absolute atomic E-state index is 0.0227. The molecule has 0 bridgehead atoms. The molecule has 1 aromatic heterocycles. The number of benzene rings is 3. The van der Waals surface area contributed by atoms with Gasteiger partial charge < -0.3 is 25.2 Å². The minimum Gasteiger partial charge on any atom is -0.507 e. The lowest BCUT2D eigenvalue weighted by Gasteiger charge is -2.27. The molecule has 0 saturated carbocycles. The van der Waals surface area contributed by atoms with E-state index in [1.807, 2.05) is 24.3 Å². The number of unbranched alkanes of at least 4 members (excludes halogenated alkanes) is 1. The number of anilines is 1. The molecule has 268 valence electrons. The summed E-state index contributed by atoms with van der Waals surface area (Å²) in [5, 5.41) is 20.4. The Morgan fingerprint density at radius 3 is 2.40 bits per heavy atom. The Morgan fingerprint density at radius 2 is 1.63 bits per heavy atom. The number of piperidine rings is 1. The fraction of sp³-hybridized carbons (Fsp3) is 0.289. The number of hydrogen-bond acceptors (Lipinski definition) is 11. The van der Waals surface area contributed by atoms with E-state index in [1.165, 1.54) is 6.07 Å². The fourth-order valence-electron chi connectivity index (χ4n) is 6.13. The van der Waals surface area contributed by atoms with Gasteiger partial charge >= 0.3 is 0 Å². The molecule has 0 spiro atoms. The van der Waals surface area contributed by atoms with Crippen LogP contribution in [0.25, 0.3) is 11.3 Å². The maximum absolute atomic E-state index is 13.2.